The van der Waals surface area contributed by atoms with E-state index < -0.39 is 5.97 Å². The number of azo groups is 1. The van der Waals surface area contributed by atoms with Crippen molar-refractivity contribution in [2.45, 2.75) is 40.0 Å². The monoisotopic (exact) mass is 485 g/mol. The lowest BCUT2D eigenvalue weighted by atomic mass is 9.87. The van der Waals surface area contributed by atoms with E-state index in [1.165, 1.54) is 10.7 Å². The summed E-state index contributed by atoms with van der Waals surface area (Å²) in [6, 6.07) is 15.5. The van der Waals surface area contributed by atoms with Gasteiger partial charge in [-0.15, -0.1) is 10.2 Å². The van der Waals surface area contributed by atoms with Gasteiger partial charge in [0.15, 0.2) is 11.4 Å². The Balaban J connectivity index is 1.71. The van der Waals surface area contributed by atoms with Gasteiger partial charge in [0.2, 0.25) is 0 Å². The van der Waals surface area contributed by atoms with E-state index in [0.717, 1.165) is 11.1 Å². The molecule has 184 valence electrons. The van der Waals surface area contributed by atoms with Gasteiger partial charge in [-0.1, -0.05) is 39.0 Å². The Morgan fingerprint density at radius 2 is 1.72 bits per heavy atom. The molecular formula is C27H27N5O4. The Morgan fingerprint density at radius 3 is 2.36 bits per heavy atom. The number of hydrogen-bond donors (Lipinski definition) is 3. The smallest absolute Gasteiger partial charge is 0.354 e. The third-order valence-corrected chi connectivity index (χ3v) is 5.77. The topological polar surface area (TPSA) is 133 Å². The zero-order chi connectivity index (χ0) is 26.2. The molecule has 2 aromatic heterocycles. The molecule has 0 amide bonds. The van der Waals surface area contributed by atoms with Crippen LogP contribution in [0.2, 0.25) is 0 Å². The van der Waals surface area contributed by atoms with Crippen molar-refractivity contribution in [2.24, 2.45) is 10.2 Å². The van der Waals surface area contributed by atoms with Gasteiger partial charge in [0, 0.05) is 5.56 Å². The number of aromatic amines is 1. The number of aryl methyl sites for hydroxylation is 2. The molecule has 4 aromatic rings. The largest absolute Gasteiger partial charge is 0.505 e. The van der Waals surface area contributed by atoms with Gasteiger partial charge in [-0.05, 0) is 66.8 Å². The number of carbonyl (C=O) groups is 1. The van der Waals surface area contributed by atoms with Crippen LogP contribution >= 0.6 is 0 Å². The highest BCUT2D eigenvalue weighted by atomic mass is 16.4. The minimum Gasteiger partial charge on any atom is -0.505 e. The number of aromatic hydroxyl groups is 1. The standard InChI is InChI=1S/C27H27N5O4/c1-15-13-19(20-7-6-8-21(28-20)26(35)36)24(33)22(14-15)29-30-23-16(2)31-32(25(23)34)18-11-9-17(10-12-18)27(3,4)5/h6-14,31,33H,1-5H3,(H,35,36). The zero-order valence-electron chi connectivity index (χ0n) is 20.7. The van der Waals surface area contributed by atoms with Gasteiger partial charge in [0.25, 0.3) is 5.56 Å². The Kier molecular flexibility index (Phi) is 6.32. The lowest BCUT2D eigenvalue weighted by Gasteiger charge is -2.19. The number of carboxylic acids is 1. The number of benzene rings is 2. The second-order valence-corrected chi connectivity index (χ2v) is 9.62. The van der Waals surface area contributed by atoms with E-state index in [9.17, 15) is 19.8 Å². The molecule has 0 unspecified atom stereocenters. The van der Waals surface area contributed by atoms with E-state index in [1.807, 2.05) is 24.3 Å². The fraction of sp³-hybridized carbons (Fsp3) is 0.222. The molecule has 3 N–H and O–H groups in total. The van der Waals surface area contributed by atoms with E-state index in [4.69, 9.17) is 0 Å². The first-order valence-corrected chi connectivity index (χ1v) is 11.3. The van der Waals surface area contributed by atoms with Gasteiger partial charge < -0.3 is 10.2 Å². The first-order valence-electron chi connectivity index (χ1n) is 11.3. The molecule has 0 aliphatic rings. The van der Waals surface area contributed by atoms with Crippen LogP contribution in [0.3, 0.4) is 0 Å². The molecule has 0 fully saturated rings. The maximum absolute atomic E-state index is 13.1. The van der Waals surface area contributed by atoms with Crippen LogP contribution in [0.1, 0.15) is 48.1 Å². The Hall–Kier alpha value is -4.53. The summed E-state index contributed by atoms with van der Waals surface area (Å²) in [5.41, 5.74) is 3.41. The van der Waals surface area contributed by atoms with Crippen LogP contribution in [-0.4, -0.2) is 30.9 Å². The fourth-order valence-corrected chi connectivity index (χ4v) is 3.79. The van der Waals surface area contributed by atoms with Crippen molar-refractivity contribution in [1.29, 1.82) is 0 Å². The molecule has 0 radical (unpaired) electrons. The summed E-state index contributed by atoms with van der Waals surface area (Å²) in [6.45, 7) is 9.89. The molecule has 4 rings (SSSR count). The van der Waals surface area contributed by atoms with Gasteiger partial charge in [0.1, 0.15) is 11.4 Å². The first kappa shape index (κ1) is 24.6. The maximum Gasteiger partial charge on any atom is 0.354 e. The number of nitrogens with one attached hydrogen (secondary N) is 1. The van der Waals surface area contributed by atoms with Gasteiger partial charge in [-0.25, -0.2) is 14.5 Å². The molecule has 0 atom stereocenters. The highest BCUT2D eigenvalue weighted by Crippen LogP contribution is 2.38. The van der Waals surface area contributed by atoms with Crippen LogP contribution in [0.4, 0.5) is 11.4 Å². The molecule has 9 nitrogen and oxygen atoms in total. The molecule has 0 aliphatic carbocycles. The summed E-state index contributed by atoms with van der Waals surface area (Å²) in [4.78, 5) is 28.5. The van der Waals surface area contributed by atoms with Crippen LogP contribution in [0.15, 0.2) is 69.6 Å². The van der Waals surface area contributed by atoms with Gasteiger partial charge in [-0.2, -0.15) is 0 Å². The number of nitrogens with zero attached hydrogens (tertiary/aromatic N) is 4. The highest BCUT2D eigenvalue weighted by molar-refractivity contribution is 5.86. The summed E-state index contributed by atoms with van der Waals surface area (Å²) >= 11 is 0. The fourth-order valence-electron chi connectivity index (χ4n) is 3.79. The molecule has 0 saturated carbocycles. The van der Waals surface area contributed by atoms with Crippen LogP contribution < -0.4 is 5.56 Å². The molecule has 0 aliphatic heterocycles. The quantitative estimate of drug-likeness (QED) is 0.300. The number of hydrogen-bond acceptors (Lipinski definition) is 6. The predicted molar refractivity (Wildman–Crippen MR) is 137 cm³/mol. The molecule has 2 aromatic carbocycles. The van der Waals surface area contributed by atoms with Gasteiger partial charge in [0.05, 0.1) is 17.1 Å². The van der Waals surface area contributed by atoms with Crippen molar-refractivity contribution >= 4 is 17.3 Å². The molecule has 0 bridgehead atoms. The third-order valence-electron chi connectivity index (χ3n) is 5.77. The number of aromatic nitrogens is 3. The lowest BCUT2D eigenvalue weighted by Crippen LogP contribution is -2.15. The highest BCUT2D eigenvalue weighted by Gasteiger charge is 2.17. The van der Waals surface area contributed by atoms with Crippen LogP contribution in [-0.2, 0) is 5.41 Å². The SMILES string of the molecule is Cc1cc(N=Nc2c(C)[nH]n(-c3ccc(C(C)(C)C)cc3)c2=O)c(O)c(-c2cccc(C(=O)O)n2)c1. The number of pyridine rings is 1. The van der Waals surface area contributed by atoms with Gasteiger partial charge >= 0.3 is 5.97 Å². The van der Waals surface area contributed by atoms with Crippen molar-refractivity contribution in [3.8, 4) is 22.7 Å². The minimum atomic E-state index is -1.17. The number of phenols is 1. The molecular weight excluding hydrogens is 458 g/mol. The first-order chi connectivity index (χ1) is 17.0. The van der Waals surface area contributed by atoms with E-state index in [2.05, 4.69) is 41.1 Å². The lowest BCUT2D eigenvalue weighted by molar-refractivity contribution is 0.0690. The van der Waals surface area contributed by atoms with Crippen LogP contribution in [0, 0.1) is 13.8 Å². The van der Waals surface area contributed by atoms with Crippen LogP contribution in [0.5, 0.6) is 5.75 Å². The molecule has 36 heavy (non-hydrogen) atoms. The maximum atomic E-state index is 13.1. The number of H-pyrrole nitrogens is 1. The van der Waals surface area contributed by atoms with Gasteiger partial charge in [-0.3, -0.25) is 9.89 Å². The summed E-state index contributed by atoms with van der Waals surface area (Å²) in [6.07, 6.45) is 0. The number of carboxylic acid groups (broad SMARTS) is 1. The van der Waals surface area contributed by atoms with E-state index in [1.54, 1.807) is 38.1 Å². The molecule has 9 heteroatoms. The Labute approximate surface area is 207 Å². The predicted octanol–water partition coefficient (Wildman–Crippen LogP) is 5.96. The van der Waals surface area contributed by atoms with Crippen molar-refractivity contribution < 1.29 is 15.0 Å². The van der Waals surface area contributed by atoms with Crippen molar-refractivity contribution in [3.05, 3.63) is 87.5 Å². The Bertz CT molecular complexity index is 1540. The average Bonchev–Trinajstić information content (AvgIpc) is 3.12. The number of aromatic carboxylic acids is 1. The number of phenolic OH excluding ortho intramolecular Hbond substituents is 1. The Morgan fingerprint density at radius 1 is 1.03 bits per heavy atom. The normalized spacial score (nSPS) is 11.8. The van der Waals surface area contributed by atoms with Crippen molar-refractivity contribution in [3.63, 3.8) is 0 Å². The molecule has 0 saturated heterocycles. The minimum absolute atomic E-state index is 0.00630. The number of rotatable bonds is 5. The van der Waals surface area contributed by atoms with E-state index >= 15 is 0 Å². The van der Waals surface area contributed by atoms with Crippen LogP contribution in [0.25, 0.3) is 16.9 Å². The second-order valence-electron chi connectivity index (χ2n) is 9.62. The van der Waals surface area contributed by atoms with Crippen molar-refractivity contribution in [2.75, 3.05) is 0 Å². The second kappa shape index (κ2) is 9.26. The average molecular weight is 486 g/mol. The summed E-state index contributed by atoms with van der Waals surface area (Å²) < 4.78 is 1.40. The molecule has 0 spiro atoms. The van der Waals surface area contributed by atoms with E-state index in [-0.39, 0.29) is 39.5 Å². The summed E-state index contributed by atoms with van der Waals surface area (Å²) in [5, 5.41) is 31.4. The van der Waals surface area contributed by atoms with E-state index in [0.29, 0.717) is 16.9 Å². The summed E-state index contributed by atoms with van der Waals surface area (Å²) in [7, 11) is 0. The summed E-state index contributed by atoms with van der Waals surface area (Å²) in [5.74, 6) is -1.39. The molecule has 2 heterocycles. The zero-order valence-corrected chi connectivity index (χ0v) is 20.7. The third kappa shape index (κ3) is 4.81. The van der Waals surface area contributed by atoms with Crippen molar-refractivity contribution in [1.82, 2.24) is 14.8 Å².